The van der Waals surface area contributed by atoms with Gasteiger partial charge in [-0.05, 0) is 43.7 Å². The van der Waals surface area contributed by atoms with Gasteiger partial charge in [0.1, 0.15) is 17.7 Å². The van der Waals surface area contributed by atoms with Crippen molar-refractivity contribution in [2.24, 2.45) is 0 Å². The van der Waals surface area contributed by atoms with E-state index in [0.717, 1.165) is 23.4 Å². The molecule has 0 radical (unpaired) electrons. The number of fused-ring (bicyclic) bond motifs is 1. The van der Waals surface area contributed by atoms with Crippen LogP contribution in [0.4, 0.5) is 4.39 Å². The van der Waals surface area contributed by atoms with Crippen molar-refractivity contribution in [2.75, 3.05) is 13.2 Å². The third kappa shape index (κ3) is 3.75. The van der Waals surface area contributed by atoms with E-state index in [1.807, 2.05) is 43.0 Å². The fraction of sp³-hybridized carbons (Fsp3) is 0.280. The Hall–Kier alpha value is -3.61. The molecular weight excluding hydrogens is 409 g/mol. The Balaban J connectivity index is 1.44. The van der Waals surface area contributed by atoms with Crippen LogP contribution in [0.3, 0.4) is 0 Å². The topological polar surface area (TPSA) is 56.6 Å². The maximum absolute atomic E-state index is 14.8. The summed E-state index contributed by atoms with van der Waals surface area (Å²) in [6.07, 6.45) is 5.49. The number of para-hydroxylation sites is 1. The number of ether oxygens (including phenoxy) is 2. The molecule has 2 aliphatic rings. The number of nitrogens with zero attached hydrogens (tertiary/aromatic N) is 3. The highest BCUT2D eigenvalue weighted by Crippen LogP contribution is 2.38. The van der Waals surface area contributed by atoms with Gasteiger partial charge in [-0.2, -0.15) is 0 Å². The van der Waals surface area contributed by atoms with Gasteiger partial charge < -0.3 is 18.9 Å². The molecule has 0 saturated carbocycles. The van der Waals surface area contributed by atoms with Crippen molar-refractivity contribution in [3.63, 3.8) is 0 Å². The van der Waals surface area contributed by atoms with Crippen LogP contribution in [0.25, 0.3) is 11.8 Å². The van der Waals surface area contributed by atoms with E-state index in [-0.39, 0.29) is 23.8 Å². The number of amides is 1. The smallest absolute Gasteiger partial charge is 0.289 e. The van der Waals surface area contributed by atoms with E-state index < -0.39 is 5.82 Å². The van der Waals surface area contributed by atoms with E-state index in [1.165, 1.54) is 6.07 Å². The molecule has 0 spiro atoms. The van der Waals surface area contributed by atoms with Crippen molar-refractivity contribution in [3.8, 4) is 11.4 Å². The van der Waals surface area contributed by atoms with Crippen molar-refractivity contribution >= 4 is 12.0 Å². The fourth-order valence-electron chi connectivity index (χ4n) is 4.34. The molecule has 1 aromatic heterocycles. The molecule has 6 nitrogen and oxygen atoms in total. The highest BCUT2D eigenvalue weighted by Gasteiger charge is 2.37. The number of hydrogen-bond acceptors (Lipinski definition) is 4. The predicted molar refractivity (Wildman–Crippen MR) is 118 cm³/mol. The zero-order valence-corrected chi connectivity index (χ0v) is 18.0. The third-order valence-corrected chi connectivity index (χ3v) is 5.82. The Morgan fingerprint density at radius 2 is 2.06 bits per heavy atom. The predicted octanol–water partition coefficient (Wildman–Crippen LogP) is 4.43. The lowest BCUT2D eigenvalue weighted by molar-refractivity contribution is -0.142. The number of aryl methyl sites for hydroxylation is 1. The molecule has 0 bridgehead atoms. The van der Waals surface area contributed by atoms with E-state index in [4.69, 9.17) is 9.47 Å². The van der Waals surface area contributed by atoms with Crippen LogP contribution < -0.4 is 4.74 Å². The van der Waals surface area contributed by atoms with Gasteiger partial charge in [-0.25, -0.2) is 9.37 Å². The molecule has 3 heterocycles. The van der Waals surface area contributed by atoms with E-state index >= 15 is 0 Å². The zero-order valence-electron chi connectivity index (χ0n) is 18.0. The molecule has 32 heavy (non-hydrogen) atoms. The summed E-state index contributed by atoms with van der Waals surface area (Å²) in [6.45, 7) is 4.83. The van der Waals surface area contributed by atoms with Crippen LogP contribution in [-0.4, -0.2) is 39.6 Å². The average Bonchev–Trinajstić information content (AvgIpc) is 3.21. The van der Waals surface area contributed by atoms with E-state index in [9.17, 15) is 9.18 Å². The van der Waals surface area contributed by atoms with Gasteiger partial charge in [-0.1, -0.05) is 24.3 Å². The minimum absolute atomic E-state index is 0.0780. The van der Waals surface area contributed by atoms with Crippen molar-refractivity contribution in [2.45, 2.75) is 32.4 Å². The SMILES string of the molecule is Cc1cn(-c2ccc(C=C3O[C@@H](C)CN([C@H]4CCOc5ccccc54)C3=O)cc2F)cn1. The van der Waals surface area contributed by atoms with Gasteiger partial charge in [-0.3, -0.25) is 4.79 Å². The molecule has 1 amide bonds. The number of carbonyl (C=O) groups excluding carboxylic acids is 1. The number of morpholine rings is 1. The Morgan fingerprint density at radius 1 is 1.22 bits per heavy atom. The summed E-state index contributed by atoms with van der Waals surface area (Å²) in [5, 5.41) is 0. The molecule has 3 aromatic rings. The summed E-state index contributed by atoms with van der Waals surface area (Å²) in [7, 11) is 0. The summed E-state index contributed by atoms with van der Waals surface area (Å²) in [5.41, 5.74) is 2.78. The zero-order chi connectivity index (χ0) is 22.2. The van der Waals surface area contributed by atoms with Crippen LogP contribution in [0.1, 0.15) is 36.2 Å². The van der Waals surface area contributed by atoms with Crippen LogP contribution in [0.15, 0.2) is 60.7 Å². The maximum atomic E-state index is 14.8. The first-order chi connectivity index (χ1) is 15.5. The summed E-state index contributed by atoms with van der Waals surface area (Å²) >= 11 is 0. The molecule has 0 unspecified atom stereocenters. The largest absolute Gasteiger partial charge is 0.493 e. The van der Waals surface area contributed by atoms with E-state index in [1.54, 1.807) is 35.3 Å². The average molecular weight is 433 g/mol. The second-order valence-electron chi connectivity index (χ2n) is 8.22. The summed E-state index contributed by atoms with van der Waals surface area (Å²) in [4.78, 5) is 19.3. The molecule has 2 aromatic carbocycles. The van der Waals surface area contributed by atoms with Crippen LogP contribution >= 0.6 is 0 Å². The molecule has 5 rings (SSSR count). The van der Waals surface area contributed by atoms with Gasteiger partial charge >= 0.3 is 0 Å². The highest BCUT2D eigenvalue weighted by molar-refractivity contribution is 5.96. The van der Waals surface area contributed by atoms with Gasteiger partial charge in [0.25, 0.3) is 5.91 Å². The summed E-state index contributed by atoms with van der Waals surface area (Å²) in [6, 6.07) is 12.6. The van der Waals surface area contributed by atoms with Crippen molar-refractivity contribution in [1.29, 1.82) is 0 Å². The molecule has 2 aliphatic heterocycles. The van der Waals surface area contributed by atoms with Crippen LogP contribution in [0.2, 0.25) is 0 Å². The second kappa shape index (κ2) is 8.15. The first-order valence-corrected chi connectivity index (χ1v) is 10.7. The van der Waals surface area contributed by atoms with Gasteiger partial charge in [0.05, 0.1) is 36.9 Å². The van der Waals surface area contributed by atoms with Crippen LogP contribution in [0.5, 0.6) is 5.75 Å². The Kier molecular flexibility index (Phi) is 5.17. The number of halogens is 1. The monoisotopic (exact) mass is 433 g/mol. The van der Waals surface area contributed by atoms with Crippen molar-refractivity contribution in [3.05, 3.63) is 83.4 Å². The van der Waals surface area contributed by atoms with E-state index in [2.05, 4.69) is 4.98 Å². The molecule has 164 valence electrons. The van der Waals surface area contributed by atoms with Crippen LogP contribution in [-0.2, 0) is 9.53 Å². The molecule has 0 N–H and O–H groups in total. The van der Waals surface area contributed by atoms with Gasteiger partial charge in [0.15, 0.2) is 5.76 Å². The van der Waals surface area contributed by atoms with Gasteiger partial charge in [-0.15, -0.1) is 0 Å². The quantitative estimate of drug-likeness (QED) is 0.574. The number of hydrogen-bond donors (Lipinski definition) is 0. The fourth-order valence-corrected chi connectivity index (χ4v) is 4.34. The molecule has 1 fully saturated rings. The Bertz CT molecular complexity index is 1200. The number of aromatic nitrogens is 2. The maximum Gasteiger partial charge on any atom is 0.289 e. The number of imidazole rings is 1. The molecule has 1 saturated heterocycles. The normalized spacial score (nSPS) is 21.8. The summed E-state index contributed by atoms with van der Waals surface area (Å²) < 4.78 is 28.0. The Labute approximate surface area is 185 Å². The second-order valence-corrected chi connectivity index (χ2v) is 8.22. The van der Waals surface area contributed by atoms with Gasteiger partial charge in [0, 0.05) is 18.2 Å². The van der Waals surface area contributed by atoms with Gasteiger partial charge in [0.2, 0.25) is 0 Å². The highest BCUT2D eigenvalue weighted by atomic mass is 19.1. The van der Waals surface area contributed by atoms with Crippen molar-refractivity contribution in [1.82, 2.24) is 14.5 Å². The third-order valence-electron chi connectivity index (χ3n) is 5.82. The van der Waals surface area contributed by atoms with Crippen molar-refractivity contribution < 1.29 is 18.7 Å². The lowest BCUT2D eigenvalue weighted by Crippen LogP contribution is -2.47. The standard InChI is InChI=1S/C25H24FN3O3/c1-16-13-28(15-27-16)22-8-7-18(11-20(22)26)12-24-25(30)29(14-17(2)32-24)21-9-10-31-23-6-4-3-5-19(21)23/h3-8,11-13,15,17,21H,9-10,14H2,1-2H3/t17-,21-/m0/s1. The minimum atomic E-state index is -0.400. The van der Waals surface area contributed by atoms with Crippen LogP contribution in [0, 0.1) is 12.7 Å². The molecular formula is C25H24FN3O3. The number of benzene rings is 2. The summed E-state index contributed by atoms with van der Waals surface area (Å²) in [5.74, 6) is 0.440. The first kappa shape index (κ1) is 20.3. The molecule has 7 heteroatoms. The number of rotatable bonds is 3. The number of carbonyl (C=O) groups is 1. The lowest BCUT2D eigenvalue weighted by atomic mass is 9.97. The lowest BCUT2D eigenvalue weighted by Gasteiger charge is -2.40. The molecule has 0 aliphatic carbocycles. The minimum Gasteiger partial charge on any atom is -0.493 e. The first-order valence-electron chi connectivity index (χ1n) is 10.7. The van der Waals surface area contributed by atoms with E-state index in [0.29, 0.717) is 24.4 Å². The molecule has 2 atom stereocenters. The Morgan fingerprint density at radius 3 is 2.84 bits per heavy atom.